The van der Waals surface area contributed by atoms with Gasteiger partial charge in [0.25, 0.3) is 0 Å². The van der Waals surface area contributed by atoms with Gasteiger partial charge in [-0.1, -0.05) is 54.6 Å². The summed E-state index contributed by atoms with van der Waals surface area (Å²) in [5.41, 5.74) is 6.02. The van der Waals surface area contributed by atoms with Gasteiger partial charge in [-0.05, 0) is 64.7 Å². The summed E-state index contributed by atoms with van der Waals surface area (Å²) in [6.07, 6.45) is 1.55. The first-order valence-electron chi connectivity index (χ1n) is 10.6. The standard InChI is InChI=1S/C27H25N3O3/c1-19-7-3-6-10-24(19)29-27(31)30-28-17-20-12-14-25(26(16-20)32-2)33-18-21-11-13-22-8-4-5-9-23(22)15-21/h3-17H,18H2,1-2H3,(H2,29,30,31). The SMILES string of the molecule is COc1cc(C=NNC(=O)Nc2ccccc2C)ccc1OCc1ccc2ccccc2c1. The van der Waals surface area contributed by atoms with Crippen molar-refractivity contribution in [2.24, 2.45) is 5.10 Å². The maximum atomic E-state index is 12.1. The van der Waals surface area contributed by atoms with Crippen LogP contribution < -0.4 is 20.2 Å². The van der Waals surface area contributed by atoms with E-state index in [0.717, 1.165) is 22.4 Å². The number of hydrogen-bond acceptors (Lipinski definition) is 4. The zero-order valence-electron chi connectivity index (χ0n) is 18.5. The molecule has 6 heteroatoms. The van der Waals surface area contributed by atoms with Crippen molar-refractivity contribution in [1.82, 2.24) is 5.43 Å². The van der Waals surface area contributed by atoms with E-state index >= 15 is 0 Å². The van der Waals surface area contributed by atoms with Crippen molar-refractivity contribution in [2.75, 3.05) is 12.4 Å². The third-order valence-corrected chi connectivity index (χ3v) is 5.17. The smallest absolute Gasteiger partial charge is 0.339 e. The number of urea groups is 1. The summed E-state index contributed by atoms with van der Waals surface area (Å²) in [7, 11) is 1.59. The highest BCUT2D eigenvalue weighted by molar-refractivity contribution is 5.91. The van der Waals surface area contributed by atoms with Crippen molar-refractivity contribution >= 4 is 28.7 Å². The van der Waals surface area contributed by atoms with E-state index in [9.17, 15) is 4.79 Å². The number of hydrazone groups is 1. The molecule has 4 rings (SSSR count). The lowest BCUT2D eigenvalue weighted by Gasteiger charge is -2.12. The molecular weight excluding hydrogens is 414 g/mol. The van der Waals surface area contributed by atoms with E-state index in [1.165, 1.54) is 10.8 Å². The highest BCUT2D eigenvalue weighted by Gasteiger charge is 2.07. The van der Waals surface area contributed by atoms with E-state index in [1.807, 2.05) is 55.5 Å². The van der Waals surface area contributed by atoms with Gasteiger partial charge >= 0.3 is 6.03 Å². The normalized spacial score (nSPS) is 10.8. The molecule has 4 aromatic carbocycles. The average molecular weight is 440 g/mol. The Hall–Kier alpha value is -4.32. The lowest BCUT2D eigenvalue weighted by molar-refractivity contribution is 0.252. The van der Waals surface area contributed by atoms with Crippen molar-refractivity contribution < 1.29 is 14.3 Å². The van der Waals surface area contributed by atoms with Crippen LogP contribution in [0.2, 0.25) is 0 Å². The number of carbonyl (C=O) groups excluding carboxylic acids is 1. The van der Waals surface area contributed by atoms with Crippen LogP contribution in [-0.4, -0.2) is 19.4 Å². The molecule has 0 atom stereocenters. The molecule has 0 aliphatic carbocycles. The highest BCUT2D eigenvalue weighted by Crippen LogP contribution is 2.28. The minimum absolute atomic E-state index is 0.414. The van der Waals surface area contributed by atoms with Crippen molar-refractivity contribution in [3.63, 3.8) is 0 Å². The van der Waals surface area contributed by atoms with E-state index in [1.54, 1.807) is 19.4 Å². The van der Waals surface area contributed by atoms with E-state index in [4.69, 9.17) is 9.47 Å². The topological polar surface area (TPSA) is 72.0 Å². The molecule has 0 spiro atoms. The van der Waals surface area contributed by atoms with E-state index < -0.39 is 6.03 Å². The summed E-state index contributed by atoms with van der Waals surface area (Å²) < 4.78 is 11.5. The number of carbonyl (C=O) groups is 1. The van der Waals surface area contributed by atoms with E-state index in [-0.39, 0.29) is 0 Å². The first kappa shape index (κ1) is 21.9. The van der Waals surface area contributed by atoms with Crippen LogP contribution >= 0.6 is 0 Å². The van der Waals surface area contributed by atoms with Crippen molar-refractivity contribution in [3.8, 4) is 11.5 Å². The summed E-state index contributed by atoms with van der Waals surface area (Å²) in [6, 6.07) is 27.1. The molecule has 4 aromatic rings. The molecule has 0 unspecified atom stereocenters. The predicted octanol–water partition coefficient (Wildman–Crippen LogP) is 5.89. The third kappa shape index (κ3) is 5.68. The van der Waals surface area contributed by atoms with Crippen LogP contribution in [0.15, 0.2) is 90.0 Å². The Balaban J connectivity index is 1.36. The van der Waals surface area contributed by atoms with Crippen LogP contribution in [0.1, 0.15) is 16.7 Å². The number of nitrogens with one attached hydrogen (secondary N) is 2. The minimum atomic E-state index is -0.414. The Morgan fingerprint density at radius 3 is 2.52 bits per heavy atom. The second-order valence-corrected chi connectivity index (χ2v) is 7.52. The Labute approximate surface area is 192 Å². The van der Waals surface area contributed by atoms with Crippen LogP contribution in [0, 0.1) is 6.92 Å². The maximum absolute atomic E-state index is 12.1. The largest absolute Gasteiger partial charge is 0.493 e. The Bertz CT molecular complexity index is 1300. The van der Waals surface area contributed by atoms with Crippen LogP contribution in [0.4, 0.5) is 10.5 Å². The molecule has 0 bridgehead atoms. The molecule has 0 saturated heterocycles. The second-order valence-electron chi connectivity index (χ2n) is 7.52. The van der Waals surface area contributed by atoms with Gasteiger partial charge in [0.2, 0.25) is 0 Å². The summed E-state index contributed by atoms with van der Waals surface area (Å²) in [4.78, 5) is 12.1. The molecule has 2 N–H and O–H groups in total. The highest BCUT2D eigenvalue weighted by atomic mass is 16.5. The Morgan fingerprint density at radius 1 is 0.909 bits per heavy atom. The third-order valence-electron chi connectivity index (χ3n) is 5.17. The number of aryl methyl sites for hydroxylation is 1. The zero-order valence-corrected chi connectivity index (χ0v) is 18.5. The summed E-state index contributed by atoms with van der Waals surface area (Å²) in [6.45, 7) is 2.35. The summed E-state index contributed by atoms with van der Waals surface area (Å²) in [5, 5.41) is 9.15. The number of rotatable bonds is 7. The van der Waals surface area contributed by atoms with Crippen molar-refractivity contribution in [3.05, 3.63) is 102 Å². The van der Waals surface area contributed by atoms with Gasteiger partial charge in [0, 0.05) is 5.69 Å². The molecule has 0 aliphatic heterocycles. The van der Waals surface area contributed by atoms with Gasteiger partial charge in [-0.15, -0.1) is 0 Å². The minimum Gasteiger partial charge on any atom is -0.493 e. The van der Waals surface area contributed by atoms with Crippen molar-refractivity contribution in [2.45, 2.75) is 13.5 Å². The Kier molecular flexibility index (Phi) is 6.85. The molecule has 0 heterocycles. The first-order chi connectivity index (χ1) is 16.1. The van der Waals surface area contributed by atoms with Crippen LogP contribution in [-0.2, 0) is 6.61 Å². The number of nitrogens with zero attached hydrogens (tertiary/aromatic N) is 1. The number of fused-ring (bicyclic) bond motifs is 1. The first-order valence-corrected chi connectivity index (χ1v) is 10.6. The fraction of sp³-hybridized carbons (Fsp3) is 0.111. The molecule has 0 saturated carbocycles. The Morgan fingerprint density at radius 2 is 1.70 bits per heavy atom. The van der Waals surface area contributed by atoms with Gasteiger partial charge in [0.05, 0.1) is 13.3 Å². The second kappa shape index (κ2) is 10.3. The molecule has 0 aliphatic rings. The van der Waals surface area contributed by atoms with Gasteiger partial charge in [-0.3, -0.25) is 0 Å². The lowest BCUT2D eigenvalue weighted by atomic mass is 10.1. The average Bonchev–Trinajstić information content (AvgIpc) is 2.84. The zero-order chi connectivity index (χ0) is 23.0. The number of methoxy groups -OCH3 is 1. The molecule has 0 fully saturated rings. The summed E-state index contributed by atoms with van der Waals surface area (Å²) in [5.74, 6) is 1.22. The number of hydrogen-bond donors (Lipinski definition) is 2. The van der Waals surface area contributed by atoms with Gasteiger partial charge in [0.15, 0.2) is 11.5 Å². The number of ether oxygens (including phenoxy) is 2. The van der Waals surface area contributed by atoms with Crippen molar-refractivity contribution in [1.29, 1.82) is 0 Å². The number of para-hydroxylation sites is 1. The number of benzene rings is 4. The fourth-order valence-electron chi connectivity index (χ4n) is 3.40. The van der Waals surface area contributed by atoms with E-state index in [0.29, 0.717) is 18.1 Å². The molecule has 33 heavy (non-hydrogen) atoms. The lowest BCUT2D eigenvalue weighted by Crippen LogP contribution is -2.24. The summed E-state index contributed by atoms with van der Waals surface area (Å²) >= 11 is 0. The molecule has 166 valence electrons. The molecule has 0 radical (unpaired) electrons. The fourth-order valence-corrected chi connectivity index (χ4v) is 3.40. The van der Waals surface area contributed by atoms with Crippen LogP contribution in [0.5, 0.6) is 11.5 Å². The number of amides is 2. The van der Waals surface area contributed by atoms with E-state index in [2.05, 4.69) is 46.2 Å². The van der Waals surface area contributed by atoms with Gasteiger partial charge in [-0.2, -0.15) is 5.10 Å². The van der Waals surface area contributed by atoms with Gasteiger partial charge in [-0.25, -0.2) is 10.2 Å². The number of anilines is 1. The molecule has 2 amide bonds. The molecular formula is C27H25N3O3. The van der Waals surface area contributed by atoms with Crippen LogP contribution in [0.3, 0.4) is 0 Å². The monoisotopic (exact) mass is 439 g/mol. The predicted molar refractivity (Wildman–Crippen MR) is 132 cm³/mol. The molecule has 6 nitrogen and oxygen atoms in total. The van der Waals surface area contributed by atoms with Crippen LogP contribution in [0.25, 0.3) is 10.8 Å². The quantitative estimate of drug-likeness (QED) is 0.279. The van der Waals surface area contributed by atoms with Gasteiger partial charge in [0.1, 0.15) is 6.61 Å². The maximum Gasteiger partial charge on any atom is 0.339 e. The van der Waals surface area contributed by atoms with Gasteiger partial charge < -0.3 is 14.8 Å². The molecule has 0 aromatic heterocycles.